The summed E-state index contributed by atoms with van der Waals surface area (Å²) in [5, 5.41) is 9.46. The molecule has 1 aliphatic rings. The molecule has 3 nitrogen and oxygen atoms in total. The molecule has 0 aliphatic heterocycles. The maximum atomic E-state index is 11.3. The minimum absolute atomic E-state index is 0.0242. The maximum Gasteiger partial charge on any atom is 0.221 e. The van der Waals surface area contributed by atoms with E-state index in [2.05, 4.69) is 72.2 Å². The molecule has 0 bridgehead atoms. The molecule has 30 heavy (non-hydrogen) atoms. The third-order valence-electron chi connectivity index (χ3n) is 6.40. The van der Waals surface area contributed by atoms with Gasteiger partial charge in [-0.05, 0) is 66.1 Å². The zero-order chi connectivity index (χ0) is 20.9. The fourth-order valence-corrected chi connectivity index (χ4v) is 4.93. The van der Waals surface area contributed by atoms with Crippen LogP contribution in [0, 0.1) is 0 Å². The van der Waals surface area contributed by atoms with Crippen LogP contribution < -0.4 is 10.6 Å². The lowest BCUT2D eigenvalue weighted by Crippen LogP contribution is -2.32. The summed E-state index contributed by atoms with van der Waals surface area (Å²) >= 11 is 0. The average molecular weight is 401 g/mol. The Morgan fingerprint density at radius 1 is 0.933 bits per heavy atom. The molecule has 156 valence electrons. The predicted octanol–water partition coefficient (Wildman–Crippen LogP) is 6.57. The molecule has 0 radical (unpaired) electrons. The molecule has 3 unspecified atom stereocenters. The summed E-state index contributed by atoms with van der Waals surface area (Å²) in [6, 6.07) is 24.6. The Morgan fingerprint density at radius 3 is 2.47 bits per heavy atom. The van der Waals surface area contributed by atoms with Crippen molar-refractivity contribution in [3.8, 4) is 0 Å². The molecule has 3 aromatic rings. The Labute approximate surface area is 179 Å². The monoisotopic (exact) mass is 400 g/mol. The molecule has 1 amide bonds. The molecule has 1 fully saturated rings. The molecule has 1 aliphatic carbocycles. The van der Waals surface area contributed by atoms with Crippen molar-refractivity contribution in [1.82, 2.24) is 5.32 Å². The van der Waals surface area contributed by atoms with Gasteiger partial charge >= 0.3 is 0 Å². The minimum atomic E-state index is -0.0242. The Hall–Kier alpha value is -2.65. The second-order valence-electron chi connectivity index (χ2n) is 8.67. The van der Waals surface area contributed by atoms with Crippen LogP contribution in [0.25, 0.3) is 10.8 Å². The van der Waals surface area contributed by atoms with Crippen molar-refractivity contribution in [2.75, 3.05) is 5.32 Å². The van der Waals surface area contributed by atoms with Crippen LogP contribution in [0.5, 0.6) is 0 Å². The second kappa shape index (κ2) is 9.44. The van der Waals surface area contributed by atoms with E-state index in [4.69, 9.17) is 0 Å². The number of hydrogen-bond donors (Lipinski definition) is 2. The molecule has 3 atom stereocenters. The van der Waals surface area contributed by atoms with Crippen LogP contribution in [0.15, 0.2) is 66.7 Å². The summed E-state index contributed by atoms with van der Waals surface area (Å²) in [6.07, 6.45) is 6.18. The van der Waals surface area contributed by atoms with E-state index in [0.717, 1.165) is 12.1 Å². The highest BCUT2D eigenvalue weighted by Crippen LogP contribution is 2.34. The number of fused-ring (bicyclic) bond motifs is 1. The first-order chi connectivity index (χ1) is 14.6. The highest BCUT2D eigenvalue weighted by molar-refractivity contribution is 5.88. The molecule has 3 aromatic carbocycles. The number of benzene rings is 3. The molecule has 2 N–H and O–H groups in total. The molecule has 3 heteroatoms. The molecule has 0 saturated heterocycles. The number of carbonyl (C=O) groups is 1. The minimum Gasteiger partial charge on any atom is -0.326 e. The quantitative estimate of drug-likeness (QED) is 0.476. The standard InChI is InChI=1S/C27H32N2O/c1-19(26-13-7-10-22-8-4-6-12-27(22)26)28-25-11-5-3-9-23(18-25)21-14-16-24(17-15-21)29-20(2)30/h4,6-8,10,12-17,19,23,25,28H,3,5,9,11,18H2,1-2H3,(H,29,30). The van der Waals surface area contributed by atoms with Crippen LogP contribution in [-0.2, 0) is 4.79 Å². The van der Waals surface area contributed by atoms with Crippen molar-refractivity contribution in [1.29, 1.82) is 0 Å². The number of rotatable bonds is 5. The Bertz CT molecular complexity index is 990. The number of carbonyl (C=O) groups excluding carboxylic acids is 1. The number of anilines is 1. The summed E-state index contributed by atoms with van der Waals surface area (Å²) in [7, 11) is 0. The topological polar surface area (TPSA) is 41.1 Å². The number of amides is 1. The summed E-state index contributed by atoms with van der Waals surface area (Å²) in [4.78, 5) is 11.3. The summed E-state index contributed by atoms with van der Waals surface area (Å²) in [6.45, 7) is 3.84. The van der Waals surface area contributed by atoms with Gasteiger partial charge in [-0.25, -0.2) is 0 Å². The van der Waals surface area contributed by atoms with Crippen molar-refractivity contribution < 1.29 is 4.79 Å². The first-order valence-corrected chi connectivity index (χ1v) is 11.2. The molecule has 1 saturated carbocycles. The lowest BCUT2D eigenvalue weighted by Gasteiger charge is -2.26. The van der Waals surface area contributed by atoms with Gasteiger partial charge in [0.25, 0.3) is 0 Å². The van der Waals surface area contributed by atoms with E-state index in [-0.39, 0.29) is 5.91 Å². The van der Waals surface area contributed by atoms with Gasteiger partial charge in [0.05, 0.1) is 0 Å². The first kappa shape index (κ1) is 20.6. The molecular weight excluding hydrogens is 368 g/mol. The van der Waals surface area contributed by atoms with E-state index >= 15 is 0 Å². The van der Waals surface area contributed by atoms with Crippen LogP contribution in [-0.4, -0.2) is 11.9 Å². The van der Waals surface area contributed by atoms with E-state index < -0.39 is 0 Å². The maximum absolute atomic E-state index is 11.3. The first-order valence-electron chi connectivity index (χ1n) is 11.2. The fraction of sp³-hybridized carbons (Fsp3) is 0.370. The SMILES string of the molecule is CC(=O)Nc1ccc(C2CCCCC(NC(C)c3cccc4ccccc34)C2)cc1. The van der Waals surface area contributed by atoms with Gasteiger partial charge in [0.15, 0.2) is 0 Å². The lowest BCUT2D eigenvalue weighted by atomic mass is 9.89. The van der Waals surface area contributed by atoms with E-state index in [1.807, 2.05) is 12.1 Å². The van der Waals surface area contributed by atoms with Gasteiger partial charge in [0.1, 0.15) is 0 Å². The Morgan fingerprint density at radius 2 is 1.67 bits per heavy atom. The van der Waals surface area contributed by atoms with E-state index in [1.165, 1.54) is 47.6 Å². The molecule has 0 heterocycles. The zero-order valence-corrected chi connectivity index (χ0v) is 18.0. The smallest absolute Gasteiger partial charge is 0.221 e. The third kappa shape index (κ3) is 4.91. The van der Waals surface area contributed by atoms with Gasteiger partial charge in [-0.3, -0.25) is 4.79 Å². The summed E-state index contributed by atoms with van der Waals surface area (Å²) in [5.41, 5.74) is 3.64. The largest absolute Gasteiger partial charge is 0.326 e. The number of hydrogen-bond acceptors (Lipinski definition) is 2. The Balaban J connectivity index is 1.47. The second-order valence-corrected chi connectivity index (χ2v) is 8.67. The summed E-state index contributed by atoms with van der Waals surface area (Å²) in [5.74, 6) is 0.542. The van der Waals surface area contributed by atoms with Gasteiger partial charge in [-0.1, -0.05) is 67.4 Å². The number of nitrogens with one attached hydrogen (secondary N) is 2. The molecule has 0 spiro atoms. The third-order valence-corrected chi connectivity index (χ3v) is 6.40. The van der Waals surface area contributed by atoms with Crippen LogP contribution >= 0.6 is 0 Å². The lowest BCUT2D eigenvalue weighted by molar-refractivity contribution is -0.114. The van der Waals surface area contributed by atoms with Crippen LogP contribution in [0.4, 0.5) is 5.69 Å². The van der Waals surface area contributed by atoms with Crippen molar-refractivity contribution in [2.24, 2.45) is 0 Å². The highest BCUT2D eigenvalue weighted by atomic mass is 16.1. The predicted molar refractivity (Wildman–Crippen MR) is 126 cm³/mol. The van der Waals surface area contributed by atoms with E-state index in [9.17, 15) is 4.79 Å². The summed E-state index contributed by atoms with van der Waals surface area (Å²) < 4.78 is 0. The fourth-order valence-electron chi connectivity index (χ4n) is 4.93. The van der Waals surface area contributed by atoms with Crippen LogP contribution in [0.2, 0.25) is 0 Å². The van der Waals surface area contributed by atoms with Crippen molar-refractivity contribution in [3.63, 3.8) is 0 Å². The molecule has 0 aromatic heterocycles. The highest BCUT2D eigenvalue weighted by Gasteiger charge is 2.23. The molecular formula is C27H32N2O. The zero-order valence-electron chi connectivity index (χ0n) is 18.0. The van der Waals surface area contributed by atoms with Gasteiger partial charge < -0.3 is 10.6 Å². The Kier molecular flexibility index (Phi) is 6.49. The normalized spacial score (nSPS) is 20.5. The van der Waals surface area contributed by atoms with Gasteiger partial charge in [-0.15, -0.1) is 0 Å². The van der Waals surface area contributed by atoms with Crippen molar-refractivity contribution in [3.05, 3.63) is 77.9 Å². The van der Waals surface area contributed by atoms with Gasteiger partial charge in [-0.2, -0.15) is 0 Å². The van der Waals surface area contributed by atoms with E-state index in [0.29, 0.717) is 18.0 Å². The van der Waals surface area contributed by atoms with Crippen LogP contribution in [0.1, 0.15) is 69.0 Å². The van der Waals surface area contributed by atoms with Gasteiger partial charge in [0, 0.05) is 24.7 Å². The van der Waals surface area contributed by atoms with Gasteiger partial charge in [0.2, 0.25) is 5.91 Å². The van der Waals surface area contributed by atoms with Crippen molar-refractivity contribution >= 4 is 22.4 Å². The van der Waals surface area contributed by atoms with Crippen molar-refractivity contribution in [2.45, 2.75) is 64.0 Å². The molecule has 4 rings (SSSR count). The van der Waals surface area contributed by atoms with E-state index in [1.54, 1.807) is 6.92 Å². The average Bonchev–Trinajstić information content (AvgIpc) is 2.99. The van der Waals surface area contributed by atoms with Crippen LogP contribution in [0.3, 0.4) is 0 Å².